The number of thioether (sulfide) groups is 1. The van der Waals surface area contributed by atoms with E-state index < -0.39 is 0 Å². The first kappa shape index (κ1) is 19.7. The van der Waals surface area contributed by atoms with Crippen LogP contribution in [0.5, 0.6) is 0 Å². The van der Waals surface area contributed by atoms with Gasteiger partial charge in [0, 0.05) is 23.0 Å². The number of nitrogens with zero attached hydrogens (tertiary/aromatic N) is 2. The zero-order valence-electron chi connectivity index (χ0n) is 14.5. The highest BCUT2D eigenvalue weighted by molar-refractivity contribution is 7.99. The minimum atomic E-state index is -0.169. The lowest BCUT2D eigenvalue weighted by Gasteiger charge is -2.11. The Labute approximate surface area is 170 Å². The average molecular weight is 420 g/mol. The molecule has 5 nitrogen and oxygen atoms in total. The second-order valence-corrected chi connectivity index (χ2v) is 8.14. The number of carbonyl (C=O) groups is 1. The van der Waals surface area contributed by atoms with Crippen molar-refractivity contribution in [2.75, 3.05) is 12.3 Å². The van der Waals surface area contributed by atoms with E-state index in [1.54, 1.807) is 35.6 Å². The zero-order valence-corrected chi connectivity index (χ0v) is 16.9. The van der Waals surface area contributed by atoms with Crippen LogP contribution in [0.3, 0.4) is 0 Å². The van der Waals surface area contributed by atoms with E-state index in [1.807, 2.05) is 17.5 Å². The molecule has 0 fully saturated rings. The van der Waals surface area contributed by atoms with Crippen LogP contribution in [0.15, 0.2) is 58.3 Å². The summed E-state index contributed by atoms with van der Waals surface area (Å²) in [6.07, 6.45) is 2.44. The summed E-state index contributed by atoms with van der Waals surface area (Å²) < 4.78 is 1.52. The molecule has 3 rings (SSSR count). The first-order valence-corrected chi connectivity index (χ1v) is 10.6. The van der Waals surface area contributed by atoms with Gasteiger partial charge in [-0.2, -0.15) is 0 Å². The summed E-state index contributed by atoms with van der Waals surface area (Å²) in [5.41, 5.74) is 0.352. The van der Waals surface area contributed by atoms with Gasteiger partial charge in [-0.15, -0.1) is 17.9 Å². The van der Waals surface area contributed by atoms with Crippen LogP contribution in [-0.4, -0.2) is 27.8 Å². The van der Waals surface area contributed by atoms with Crippen molar-refractivity contribution in [1.29, 1.82) is 0 Å². The Morgan fingerprint density at radius 2 is 2.26 bits per heavy atom. The number of allylic oxidation sites excluding steroid dienone is 1. The van der Waals surface area contributed by atoms with Gasteiger partial charge in [0.15, 0.2) is 5.16 Å². The van der Waals surface area contributed by atoms with Crippen molar-refractivity contribution in [3.63, 3.8) is 0 Å². The highest BCUT2D eigenvalue weighted by atomic mass is 35.5. The molecular weight excluding hydrogens is 402 g/mol. The summed E-state index contributed by atoms with van der Waals surface area (Å²) in [7, 11) is 0. The lowest BCUT2D eigenvalue weighted by molar-refractivity contribution is -0.118. The molecule has 1 N–H and O–H groups in total. The van der Waals surface area contributed by atoms with Crippen molar-refractivity contribution >= 4 is 51.5 Å². The number of aromatic nitrogens is 2. The third-order valence-electron chi connectivity index (χ3n) is 3.80. The maximum Gasteiger partial charge on any atom is 0.262 e. The number of fused-ring (bicyclic) bond motifs is 1. The SMILES string of the molecule is C=CCn1c(SCC(=O)NCCc2cccs2)nc2cc(Cl)ccc2c1=O. The van der Waals surface area contributed by atoms with Gasteiger partial charge in [-0.05, 0) is 36.1 Å². The van der Waals surface area contributed by atoms with E-state index in [-0.39, 0.29) is 17.2 Å². The number of nitrogens with one attached hydrogen (secondary N) is 1. The molecule has 8 heteroatoms. The molecule has 2 heterocycles. The van der Waals surface area contributed by atoms with Gasteiger partial charge in [0.05, 0.1) is 16.7 Å². The largest absolute Gasteiger partial charge is 0.355 e. The summed E-state index contributed by atoms with van der Waals surface area (Å²) in [6.45, 7) is 4.61. The number of benzene rings is 1. The Hall–Kier alpha value is -2.09. The Balaban J connectivity index is 1.71. The maximum atomic E-state index is 12.7. The van der Waals surface area contributed by atoms with Gasteiger partial charge in [-0.25, -0.2) is 4.98 Å². The normalized spacial score (nSPS) is 10.9. The zero-order chi connectivity index (χ0) is 19.2. The van der Waals surface area contributed by atoms with Crippen LogP contribution in [-0.2, 0) is 17.8 Å². The molecule has 0 atom stereocenters. The molecule has 27 heavy (non-hydrogen) atoms. The molecule has 0 aliphatic heterocycles. The fraction of sp³-hybridized carbons (Fsp3) is 0.211. The fourth-order valence-corrected chi connectivity index (χ4v) is 4.25. The third kappa shape index (κ3) is 5.00. The molecule has 3 aromatic rings. The molecule has 0 bridgehead atoms. The molecule has 0 saturated carbocycles. The third-order valence-corrected chi connectivity index (χ3v) is 5.95. The monoisotopic (exact) mass is 419 g/mol. The molecule has 2 aromatic heterocycles. The van der Waals surface area contributed by atoms with Gasteiger partial charge < -0.3 is 5.32 Å². The summed E-state index contributed by atoms with van der Waals surface area (Å²) in [4.78, 5) is 30.6. The number of thiophene rings is 1. The molecule has 0 spiro atoms. The first-order chi connectivity index (χ1) is 13.1. The number of hydrogen-bond donors (Lipinski definition) is 1. The number of carbonyl (C=O) groups excluding carboxylic acids is 1. The van der Waals surface area contributed by atoms with Crippen LogP contribution in [0.1, 0.15) is 4.88 Å². The fourth-order valence-electron chi connectivity index (χ4n) is 2.54. The van der Waals surface area contributed by atoms with Crippen LogP contribution in [0, 0.1) is 0 Å². The van der Waals surface area contributed by atoms with Crippen LogP contribution >= 0.6 is 34.7 Å². The lowest BCUT2D eigenvalue weighted by atomic mass is 10.2. The number of halogens is 1. The standard InChI is InChI=1S/C19H18ClN3O2S2/c1-2-9-23-18(25)15-6-5-13(20)11-16(15)22-19(23)27-12-17(24)21-8-7-14-4-3-10-26-14/h2-6,10-11H,1,7-9,12H2,(H,21,24). The Bertz CT molecular complexity index is 1020. The first-order valence-electron chi connectivity index (χ1n) is 8.31. The van der Waals surface area contributed by atoms with E-state index in [4.69, 9.17) is 11.6 Å². The topological polar surface area (TPSA) is 64.0 Å². The molecule has 140 valence electrons. The van der Waals surface area contributed by atoms with Crippen molar-refractivity contribution in [3.05, 3.63) is 68.6 Å². The van der Waals surface area contributed by atoms with Gasteiger partial charge in [0.1, 0.15) is 0 Å². The number of rotatable bonds is 8. The van der Waals surface area contributed by atoms with E-state index in [9.17, 15) is 9.59 Å². The highest BCUT2D eigenvalue weighted by Crippen LogP contribution is 2.20. The van der Waals surface area contributed by atoms with Crippen molar-refractivity contribution < 1.29 is 4.79 Å². The predicted octanol–water partition coefficient (Wildman–Crippen LogP) is 3.75. The minimum absolute atomic E-state index is 0.0952. The second kappa shape index (κ2) is 9.21. The lowest BCUT2D eigenvalue weighted by Crippen LogP contribution is -2.28. The van der Waals surface area contributed by atoms with E-state index in [0.717, 1.165) is 6.42 Å². The van der Waals surface area contributed by atoms with Gasteiger partial charge in [-0.1, -0.05) is 35.5 Å². The van der Waals surface area contributed by atoms with Crippen molar-refractivity contribution in [2.24, 2.45) is 0 Å². The van der Waals surface area contributed by atoms with Crippen LogP contribution in [0.25, 0.3) is 10.9 Å². The summed E-state index contributed by atoms with van der Waals surface area (Å²) in [5, 5.41) is 6.39. The van der Waals surface area contributed by atoms with E-state index >= 15 is 0 Å². The van der Waals surface area contributed by atoms with E-state index in [2.05, 4.69) is 16.9 Å². The highest BCUT2D eigenvalue weighted by Gasteiger charge is 2.13. The summed E-state index contributed by atoms with van der Waals surface area (Å²) in [5.74, 6) is 0.0854. The minimum Gasteiger partial charge on any atom is -0.355 e. The number of amides is 1. The Kier molecular flexibility index (Phi) is 6.71. The maximum absolute atomic E-state index is 12.7. The smallest absolute Gasteiger partial charge is 0.262 e. The van der Waals surface area contributed by atoms with Crippen molar-refractivity contribution in [1.82, 2.24) is 14.9 Å². The second-order valence-electron chi connectivity index (χ2n) is 5.73. The van der Waals surface area contributed by atoms with Crippen LogP contribution < -0.4 is 10.9 Å². The van der Waals surface area contributed by atoms with Crippen LogP contribution in [0.4, 0.5) is 0 Å². The molecule has 0 saturated heterocycles. The van der Waals surface area contributed by atoms with Crippen LogP contribution in [0.2, 0.25) is 5.02 Å². The average Bonchev–Trinajstić information content (AvgIpc) is 3.16. The molecule has 0 unspecified atom stereocenters. The molecule has 0 aliphatic carbocycles. The van der Waals surface area contributed by atoms with Crippen molar-refractivity contribution in [2.45, 2.75) is 18.1 Å². The van der Waals surface area contributed by atoms with E-state index in [0.29, 0.717) is 34.2 Å². The summed E-state index contributed by atoms with van der Waals surface area (Å²) in [6, 6.07) is 9.02. The van der Waals surface area contributed by atoms with Gasteiger partial charge in [0.2, 0.25) is 5.91 Å². The molecule has 1 amide bonds. The number of hydrogen-bond acceptors (Lipinski definition) is 5. The quantitative estimate of drug-likeness (QED) is 0.343. The molecule has 0 radical (unpaired) electrons. The Morgan fingerprint density at radius 1 is 1.41 bits per heavy atom. The Morgan fingerprint density at radius 3 is 3.00 bits per heavy atom. The predicted molar refractivity (Wildman–Crippen MR) is 113 cm³/mol. The summed E-state index contributed by atoms with van der Waals surface area (Å²) >= 11 is 8.92. The van der Waals surface area contributed by atoms with Gasteiger partial charge in [0.25, 0.3) is 5.56 Å². The van der Waals surface area contributed by atoms with Gasteiger partial charge >= 0.3 is 0 Å². The van der Waals surface area contributed by atoms with E-state index in [1.165, 1.54) is 21.2 Å². The molecule has 1 aromatic carbocycles. The van der Waals surface area contributed by atoms with Gasteiger partial charge in [-0.3, -0.25) is 14.2 Å². The van der Waals surface area contributed by atoms with Crippen molar-refractivity contribution in [3.8, 4) is 0 Å². The molecular formula is C19H18ClN3O2S2. The molecule has 0 aliphatic rings.